The number of nitrogens with two attached hydrogens (primary N) is 1. The first-order valence-corrected chi connectivity index (χ1v) is 49.1. The highest BCUT2D eigenvalue weighted by Crippen LogP contribution is 2.35. The van der Waals surface area contributed by atoms with Gasteiger partial charge in [-0.2, -0.15) is 4.39 Å². The lowest BCUT2D eigenvalue weighted by molar-refractivity contribution is -0.387. The molecule has 776 valence electrons. The second-order valence-corrected chi connectivity index (χ2v) is 33.9. The summed E-state index contributed by atoms with van der Waals surface area (Å²) in [6.45, 7) is 27.9. The van der Waals surface area contributed by atoms with E-state index in [1.807, 2.05) is 71.6 Å². The van der Waals surface area contributed by atoms with Crippen LogP contribution in [0.4, 0.5) is 110 Å². The molecule has 0 saturated carbocycles. The lowest BCUT2D eigenvalue weighted by atomic mass is 10.1. The number of para-hydroxylation sites is 5. The van der Waals surface area contributed by atoms with Gasteiger partial charge in [-0.15, -0.1) is 35.6 Å². The van der Waals surface area contributed by atoms with Crippen LogP contribution in [0.2, 0.25) is 0 Å². The number of carbonyl (C=O) groups excluding carboxylic acids is 2. The second kappa shape index (κ2) is 66.2. The SMILES string of the molecule is CCN(CC)CC.CCO.Cl.ClCCl.Fc1ccc(N2CCN(c3ccccc3)CC2)c(NC(=S)c2ccncc2)c1.Nc1cc(F)ccc1N1CCN(c2ccccc2)CC1.O=C(Cl)c1ccncc1.O=C(Nc1cc(F)ccc1N1CCN(c2ccccc2)CC1)c1ccncc1.O=[N+]([O-])c1cc(F)ccc1F.O=[N+]([O-])c1cc(F)ccc1N1CCN(c2ccccc2)CC1.[2H]CF.c1ccc(N2CCCCC2)cc1. The maximum absolute atomic E-state index is 13.9. The van der Waals surface area contributed by atoms with Crippen LogP contribution in [0.1, 0.15) is 74.6 Å². The van der Waals surface area contributed by atoms with Crippen molar-refractivity contribution in [1.82, 2.24) is 19.9 Å². The van der Waals surface area contributed by atoms with Crippen molar-refractivity contribution >= 4 is 155 Å². The number of amides is 1. The summed E-state index contributed by atoms with van der Waals surface area (Å²) in [7, 11) is -1.00. The van der Waals surface area contributed by atoms with E-state index in [9.17, 15) is 60.6 Å². The van der Waals surface area contributed by atoms with Gasteiger partial charge in [0.15, 0.2) is 0 Å². The van der Waals surface area contributed by atoms with Crippen LogP contribution < -0.4 is 60.5 Å². The minimum absolute atomic E-state index is 0. The van der Waals surface area contributed by atoms with Crippen molar-refractivity contribution in [3.8, 4) is 0 Å². The van der Waals surface area contributed by atoms with E-state index in [4.69, 9.17) is 59.2 Å². The van der Waals surface area contributed by atoms with Crippen LogP contribution in [0.3, 0.4) is 0 Å². The molecule has 0 radical (unpaired) electrons. The Bertz CT molecular complexity index is 5820. The number of nitrogens with zero attached hydrogens (tertiary/aromatic N) is 15. The summed E-state index contributed by atoms with van der Waals surface area (Å²) in [5.74, 6) is -3.66. The van der Waals surface area contributed by atoms with Gasteiger partial charge in [-0.05, 0) is 233 Å². The first-order chi connectivity index (χ1) is 70.8. The average Bonchev–Trinajstić information content (AvgIpc) is 0.816. The zero-order chi connectivity index (χ0) is 105. The fourth-order valence-corrected chi connectivity index (χ4v) is 16.2. The number of halogens is 11. The standard InChI is InChI=1S/C22H21FN4O.C22H21FN4S.C16H16FN3O2.C16H18FN3.C11H15N.C6H4ClNO.C6H3F2NO2.C6H15N.C2H6O.CH2Cl2.CH3F.ClH/c2*23-18-6-7-21(20(16-18)25-22(28)17-8-10-24-11-9-17)27-14-12-26(13-15-27)19-4-2-1-3-5-19;17-13-6-7-15(16(12-13)20(21)22)19-10-8-18(9-11-19)14-4-2-1-3-5-14;17-13-6-7-16(15(18)12-13)20-10-8-19(9-11-20)14-4-2-1-3-5-14;1-3-7-11(8-4-1)12-9-5-2-6-10-12;7-6(9)5-1-3-8-4-2-5;7-4-1-2-5(8)6(3-4)9(10)11;1-4-7(5-2)6-3;1-2-3;2-1-3;1-2;/h2*1-11,16H,12-15H2,(H,25,28);1-7,12H,8-11H2;1-7,12H,8-11,18H2;1,3-4,7-8H,2,5-6,9-10H2;1-4H;1-3H;4-6H2,1-3H3;3H,2H2,1H3;1H2;1H3;1H/i;;;;;;;;;;1D;. The number of anilines is 12. The zero-order valence-electron chi connectivity index (χ0n) is 82.9. The van der Waals surface area contributed by atoms with Crippen LogP contribution in [0.5, 0.6) is 0 Å². The van der Waals surface area contributed by atoms with E-state index in [1.165, 1.54) is 136 Å². The van der Waals surface area contributed by atoms with Gasteiger partial charge in [0.2, 0.25) is 5.82 Å². The molecule has 0 bridgehead atoms. The Kier molecular flexibility index (Phi) is 53.2. The van der Waals surface area contributed by atoms with Gasteiger partial charge in [-0.25, -0.2) is 22.0 Å². The Hall–Kier alpha value is -13.9. The Balaban J connectivity index is 0.000000232. The Morgan fingerprint density at radius 2 is 0.664 bits per heavy atom. The van der Waals surface area contributed by atoms with Crippen molar-refractivity contribution in [3.05, 3.63) is 388 Å². The molecule has 5 aliphatic rings. The normalized spacial score (nSPS) is 13.4. The number of hydrogen-bond donors (Lipinski definition) is 4. The topological polar surface area (TPSA) is 262 Å². The van der Waals surface area contributed by atoms with Gasteiger partial charge >= 0.3 is 5.69 Å². The Morgan fingerprint density at radius 1 is 0.397 bits per heavy atom. The summed E-state index contributed by atoms with van der Waals surface area (Å²) in [6.07, 6.45) is 13.7. The quantitative estimate of drug-likeness (QED) is 0.0111. The van der Waals surface area contributed by atoms with E-state index in [0.29, 0.717) is 64.1 Å². The van der Waals surface area contributed by atoms with Crippen LogP contribution >= 0.6 is 59.4 Å². The van der Waals surface area contributed by atoms with Crippen LogP contribution in [-0.4, -0.2) is 207 Å². The van der Waals surface area contributed by atoms with Gasteiger partial charge in [0.1, 0.15) is 39.8 Å². The number of piperazine rings is 4. The molecule has 8 heterocycles. The number of nitrogens with one attached hydrogen (secondary N) is 2. The number of carbonyl (C=O) groups is 2. The fourth-order valence-electron chi connectivity index (χ4n) is 15.8. The summed E-state index contributed by atoms with van der Waals surface area (Å²) < 4.78 is 94.3. The number of nitro benzene ring substituents is 2. The summed E-state index contributed by atoms with van der Waals surface area (Å²) in [6, 6.07) is 81.7. The second-order valence-electron chi connectivity index (χ2n) is 32.3. The van der Waals surface area contributed by atoms with Gasteiger partial charge in [-0.1, -0.05) is 124 Å². The number of hydrogen-bond acceptors (Lipinski definition) is 22. The van der Waals surface area contributed by atoms with Gasteiger partial charge in [0.05, 0.1) is 70.0 Å². The lowest BCUT2D eigenvalue weighted by Crippen LogP contribution is -2.46. The molecule has 1 amide bonds. The van der Waals surface area contributed by atoms with Crippen molar-refractivity contribution in [2.24, 2.45) is 0 Å². The molecule has 0 unspecified atom stereocenters. The Labute approximate surface area is 878 Å². The lowest BCUT2D eigenvalue weighted by Gasteiger charge is -2.38. The minimum Gasteiger partial charge on any atom is -0.397 e. The average molecular weight is 2110 g/mol. The van der Waals surface area contributed by atoms with Crippen molar-refractivity contribution < 1.29 is 56.6 Å². The first kappa shape index (κ1) is 117. The van der Waals surface area contributed by atoms with Crippen molar-refractivity contribution in [2.45, 2.75) is 47.0 Å². The molecule has 5 aliphatic heterocycles. The number of nitro groups is 2. The number of piperidine rings is 1. The third kappa shape index (κ3) is 39.9. The zero-order valence-corrected chi connectivity index (χ0v) is 85.8. The van der Waals surface area contributed by atoms with E-state index in [2.05, 4.69) is 194 Å². The summed E-state index contributed by atoms with van der Waals surface area (Å²) in [4.78, 5) is 77.4. The molecule has 0 atom stereocenters. The van der Waals surface area contributed by atoms with Gasteiger partial charge in [0.25, 0.3) is 16.8 Å². The molecule has 18 rings (SSSR count). The van der Waals surface area contributed by atoms with Crippen LogP contribution in [0, 0.1) is 55.1 Å². The van der Waals surface area contributed by atoms with E-state index in [1.54, 1.807) is 68.1 Å². The van der Waals surface area contributed by atoms with Gasteiger partial charge in [0, 0.05) is 207 Å². The molecule has 5 saturated heterocycles. The molecule has 37 heteroatoms. The number of alkyl halides is 3. The number of aromatic nitrogens is 3. The fraction of sp³-hybridized carbons (Fsp3) is 0.284. The van der Waals surface area contributed by atoms with Crippen molar-refractivity contribution in [1.29, 1.82) is 0 Å². The summed E-state index contributed by atoms with van der Waals surface area (Å²) in [5.41, 5.74) is 17.8. The highest BCUT2D eigenvalue weighted by atomic mass is 35.5. The van der Waals surface area contributed by atoms with E-state index in [-0.39, 0.29) is 53.4 Å². The number of aliphatic hydroxyl groups excluding tert-OH is 1. The molecule has 0 spiro atoms. The number of benzene rings is 10. The molecule has 3 aromatic heterocycles. The Morgan fingerprint density at radius 3 is 0.973 bits per heavy atom. The number of thiocarbonyl (C=S) groups is 1. The van der Waals surface area contributed by atoms with Crippen LogP contribution in [-0.2, 0) is 0 Å². The van der Waals surface area contributed by atoms with Crippen molar-refractivity contribution in [3.63, 3.8) is 0 Å². The molecule has 25 nitrogen and oxygen atoms in total. The highest BCUT2D eigenvalue weighted by molar-refractivity contribution is 7.81. The van der Waals surface area contributed by atoms with Gasteiger partial charge in [-0.3, -0.25) is 49.2 Å². The van der Waals surface area contributed by atoms with E-state index in [0.717, 1.165) is 132 Å². The molecule has 10 aromatic carbocycles. The molecule has 0 aliphatic carbocycles. The first-order valence-electron chi connectivity index (χ1n) is 48.0. The monoisotopic (exact) mass is 2100 g/mol. The molecular weight excluding hydrogens is 1980 g/mol. The minimum atomic E-state index is -1.03. The number of nitrogen functional groups attached to an aromatic ring is 1. The van der Waals surface area contributed by atoms with Crippen LogP contribution in [0.25, 0.3) is 0 Å². The highest BCUT2D eigenvalue weighted by Gasteiger charge is 2.28. The smallest absolute Gasteiger partial charge is 0.307 e. The molecule has 5 fully saturated rings. The number of aliphatic hydroxyl groups is 1. The molecular formula is C109H125Cl4F7N18O7S. The van der Waals surface area contributed by atoms with E-state index >= 15 is 0 Å². The van der Waals surface area contributed by atoms with Crippen LogP contribution in [0.15, 0.2) is 316 Å². The summed E-state index contributed by atoms with van der Waals surface area (Å²) >= 11 is 20.2. The maximum Gasteiger partial charge on any atom is 0.307 e. The molecule has 5 N–H and O–H groups in total. The van der Waals surface area contributed by atoms with E-state index < -0.39 is 45.4 Å². The largest absolute Gasteiger partial charge is 0.397 e. The third-order valence-corrected chi connectivity index (χ3v) is 23.8. The number of pyridine rings is 3. The maximum atomic E-state index is 13.9. The number of rotatable bonds is 19. The van der Waals surface area contributed by atoms with Gasteiger partial charge < -0.3 is 70.5 Å². The molecule has 13 aromatic rings. The summed E-state index contributed by atoms with van der Waals surface area (Å²) in [5, 5.41) is 34.5. The predicted molar refractivity (Wildman–Crippen MR) is 589 cm³/mol. The predicted octanol–water partition coefficient (Wildman–Crippen LogP) is 23.7. The van der Waals surface area contributed by atoms with Crippen molar-refractivity contribution in [2.75, 3.05) is 217 Å². The molecule has 146 heavy (non-hydrogen) atoms. The third-order valence-electron chi connectivity index (χ3n) is 23.2.